The molecular weight excluding hydrogens is 400 g/mol. The van der Waals surface area contributed by atoms with E-state index in [4.69, 9.17) is 14.2 Å². The van der Waals surface area contributed by atoms with Crippen LogP contribution in [-0.4, -0.2) is 30.1 Å². The molecule has 1 unspecified atom stereocenters. The largest absolute Gasteiger partial charge is 0.490 e. The second kappa shape index (κ2) is 10.6. The molecule has 31 heavy (non-hydrogen) atoms. The molecule has 0 fully saturated rings. The molecule has 0 aliphatic rings. The lowest BCUT2D eigenvalue weighted by molar-refractivity contribution is -0.384. The van der Waals surface area contributed by atoms with E-state index in [-0.39, 0.29) is 11.6 Å². The van der Waals surface area contributed by atoms with E-state index in [0.717, 1.165) is 5.75 Å². The Hall–Kier alpha value is -4.07. The number of benzene rings is 3. The van der Waals surface area contributed by atoms with Crippen molar-refractivity contribution in [2.75, 3.05) is 18.5 Å². The Labute approximate surface area is 179 Å². The molecule has 0 spiro atoms. The van der Waals surface area contributed by atoms with Crippen molar-refractivity contribution in [3.05, 3.63) is 89.0 Å². The molecule has 1 N–H and O–H groups in total. The van der Waals surface area contributed by atoms with Gasteiger partial charge in [0.15, 0.2) is 6.10 Å². The molecule has 1 amide bonds. The number of amides is 1. The summed E-state index contributed by atoms with van der Waals surface area (Å²) in [6.07, 6.45) is -0.823. The van der Waals surface area contributed by atoms with Crippen LogP contribution in [0.4, 0.5) is 11.4 Å². The van der Waals surface area contributed by atoms with Crippen LogP contribution in [0.3, 0.4) is 0 Å². The number of non-ortho nitro benzene ring substituents is 1. The summed E-state index contributed by atoms with van der Waals surface area (Å²) in [5.41, 5.74) is 0.457. The lowest BCUT2D eigenvalue weighted by Crippen LogP contribution is -2.30. The number of carbonyl (C=O) groups excluding carboxylic acids is 1. The zero-order valence-corrected chi connectivity index (χ0v) is 16.9. The molecule has 8 nitrogen and oxygen atoms in total. The Morgan fingerprint density at radius 3 is 2.26 bits per heavy atom. The number of hydrogen-bond acceptors (Lipinski definition) is 6. The molecule has 3 aromatic carbocycles. The Bertz CT molecular complexity index is 1010. The summed E-state index contributed by atoms with van der Waals surface area (Å²) in [5, 5.41) is 13.5. The molecule has 0 radical (unpaired) electrons. The van der Waals surface area contributed by atoms with Crippen molar-refractivity contribution < 1.29 is 23.9 Å². The molecule has 0 aromatic heterocycles. The minimum absolute atomic E-state index is 0.0493. The summed E-state index contributed by atoms with van der Waals surface area (Å²) in [7, 11) is 0. The van der Waals surface area contributed by atoms with Gasteiger partial charge in [0.2, 0.25) is 0 Å². The fourth-order valence-electron chi connectivity index (χ4n) is 2.66. The first-order valence-corrected chi connectivity index (χ1v) is 9.64. The van der Waals surface area contributed by atoms with E-state index in [1.807, 2.05) is 30.3 Å². The number of nitro groups is 1. The molecule has 1 atom stereocenters. The Morgan fingerprint density at radius 2 is 1.55 bits per heavy atom. The second-order valence-electron chi connectivity index (χ2n) is 6.51. The molecule has 3 aromatic rings. The van der Waals surface area contributed by atoms with Crippen molar-refractivity contribution in [1.29, 1.82) is 0 Å². The summed E-state index contributed by atoms with van der Waals surface area (Å²) in [6.45, 7) is 2.25. The molecule has 8 heteroatoms. The molecule has 3 rings (SSSR count). The van der Waals surface area contributed by atoms with Gasteiger partial charge in [-0.2, -0.15) is 0 Å². The molecule has 160 valence electrons. The zero-order chi connectivity index (χ0) is 22.1. The highest BCUT2D eigenvalue weighted by atomic mass is 16.6. The standard InChI is InChI=1S/C23H22N2O6/c1-17(31-20-13-11-18(12-14-20)25(27)28)23(26)24-21-9-5-6-10-22(21)30-16-15-29-19-7-3-2-4-8-19/h2-14,17H,15-16H2,1H3,(H,24,26). The lowest BCUT2D eigenvalue weighted by Gasteiger charge is -2.17. The normalized spacial score (nSPS) is 11.3. The van der Waals surface area contributed by atoms with Gasteiger partial charge in [-0.15, -0.1) is 0 Å². The molecule has 0 aliphatic heterocycles. The maximum Gasteiger partial charge on any atom is 0.269 e. The SMILES string of the molecule is CC(Oc1ccc([N+](=O)[O-])cc1)C(=O)Nc1ccccc1OCCOc1ccccc1. The van der Waals surface area contributed by atoms with Crippen molar-refractivity contribution in [2.45, 2.75) is 13.0 Å². The Morgan fingerprint density at radius 1 is 0.903 bits per heavy atom. The third-order valence-corrected chi connectivity index (χ3v) is 4.23. The molecule has 0 bridgehead atoms. The van der Waals surface area contributed by atoms with Gasteiger partial charge in [-0.3, -0.25) is 14.9 Å². The van der Waals surface area contributed by atoms with Crippen LogP contribution in [0.25, 0.3) is 0 Å². The number of hydrogen-bond donors (Lipinski definition) is 1. The summed E-state index contributed by atoms with van der Waals surface area (Å²) in [6, 6.07) is 22.0. The van der Waals surface area contributed by atoms with E-state index >= 15 is 0 Å². The van der Waals surface area contributed by atoms with Gasteiger partial charge in [0.05, 0.1) is 10.6 Å². The molecule has 0 saturated carbocycles. The zero-order valence-electron chi connectivity index (χ0n) is 16.9. The summed E-state index contributed by atoms with van der Waals surface area (Å²) in [5.74, 6) is 1.24. The van der Waals surface area contributed by atoms with Crippen LogP contribution in [0.1, 0.15) is 6.92 Å². The molecular formula is C23H22N2O6. The van der Waals surface area contributed by atoms with Crippen LogP contribution >= 0.6 is 0 Å². The van der Waals surface area contributed by atoms with Crippen molar-refractivity contribution in [3.63, 3.8) is 0 Å². The van der Waals surface area contributed by atoms with Gasteiger partial charge in [0, 0.05) is 12.1 Å². The van der Waals surface area contributed by atoms with Gasteiger partial charge < -0.3 is 19.5 Å². The van der Waals surface area contributed by atoms with Crippen LogP contribution in [0, 0.1) is 10.1 Å². The maximum atomic E-state index is 12.5. The summed E-state index contributed by atoms with van der Waals surface area (Å²) < 4.78 is 16.9. The second-order valence-corrected chi connectivity index (χ2v) is 6.51. The first-order chi connectivity index (χ1) is 15.0. The van der Waals surface area contributed by atoms with E-state index in [1.54, 1.807) is 31.2 Å². The van der Waals surface area contributed by atoms with E-state index in [2.05, 4.69) is 5.32 Å². The molecule has 0 saturated heterocycles. The average Bonchev–Trinajstić information content (AvgIpc) is 2.78. The number of rotatable bonds is 10. The highest BCUT2D eigenvalue weighted by molar-refractivity contribution is 5.95. The van der Waals surface area contributed by atoms with Crippen molar-refractivity contribution >= 4 is 17.3 Å². The Kier molecular flexibility index (Phi) is 7.42. The third kappa shape index (κ3) is 6.46. The van der Waals surface area contributed by atoms with Gasteiger partial charge in [-0.25, -0.2) is 0 Å². The summed E-state index contributed by atoms with van der Waals surface area (Å²) >= 11 is 0. The van der Waals surface area contributed by atoms with Crippen LogP contribution in [0.2, 0.25) is 0 Å². The quantitative estimate of drug-likeness (QED) is 0.294. The van der Waals surface area contributed by atoms with E-state index < -0.39 is 11.0 Å². The fraction of sp³-hybridized carbons (Fsp3) is 0.174. The number of ether oxygens (including phenoxy) is 3. The Balaban J connectivity index is 1.52. The minimum atomic E-state index is -0.823. The van der Waals surface area contributed by atoms with Crippen molar-refractivity contribution in [2.24, 2.45) is 0 Å². The molecule has 0 aliphatic carbocycles. The van der Waals surface area contributed by atoms with Gasteiger partial charge in [0.1, 0.15) is 30.5 Å². The van der Waals surface area contributed by atoms with Gasteiger partial charge in [0.25, 0.3) is 11.6 Å². The average molecular weight is 422 g/mol. The topological polar surface area (TPSA) is 99.9 Å². The third-order valence-electron chi connectivity index (χ3n) is 4.23. The minimum Gasteiger partial charge on any atom is -0.490 e. The highest BCUT2D eigenvalue weighted by Crippen LogP contribution is 2.25. The smallest absolute Gasteiger partial charge is 0.269 e. The maximum absolute atomic E-state index is 12.5. The van der Waals surface area contributed by atoms with Crippen molar-refractivity contribution in [3.8, 4) is 17.2 Å². The lowest BCUT2D eigenvalue weighted by atomic mass is 10.2. The van der Waals surface area contributed by atoms with E-state index in [0.29, 0.717) is 30.4 Å². The van der Waals surface area contributed by atoms with Crippen LogP contribution in [0.5, 0.6) is 17.2 Å². The highest BCUT2D eigenvalue weighted by Gasteiger charge is 2.17. The predicted octanol–water partition coefficient (Wildman–Crippen LogP) is 4.46. The fourth-order valence-corrected chi connectivity index (χ4v) is 2.66. The predicted molar refractivity (Wildman–Crippen MR) is 116 cm³/mol. The number of nitrogens with one attached hydrogen (secondary N) is 1. The van der Waals surface area contributed by atoms with E-state index in [9.17, 15) is 14.9 Å². The summed E-state index contributed by atoms with van der Waals surface area (Å²) in [4.78, 5) is 22.8. The number of anilines is 1. The number of carbonyl (C=O) groups is 1. The van der Waals surface area contributed by atoms with Crippen LogP contribution in [-0.2, 0) is 4.79 Å². The number of nitrogens with zero attached hydrogens (tertiary/aromatic N) is 1. The van der Waals surface area contributed by atoms with Gasteiger partial charge in [-0.05, 0) is 43.3 Å². The first-order valence-electron chi connectivity index (χ1n) is 9.64. The number of para-hydroxylation sites is 3. The number of nitro benzene ring substituents is 1. The monoisotopic (exact) mass is 422 g/mol. The van der Waals surface area contributed by atoms with Gasteiger partial charge in [-0.1, -0.05) is 30.3 Å². The van der Waals surface area contributed by atoms with Crippen LogP contribution in [0.15, 0.2) is 78.9 Å². The van der Waals surface area contributed by atoms with E-state index in [1.165, 1.54) is 24.3 Å². The van der Waals surface area contributed by atoms with Crippen molar-refractivity contribution in [1.82, 2.24) is 0 Å². The first kappa shape index (κ1) is 21.6. The van der Waals surface area contributed by atoms with Crippen LogP contribution < -0.4 is 19.5 Å². The molecule has 0 heterocycles. The van der Waals surface area contributed by atoms with Gasteiger partial charge >= 0.3 is 0 Å².